The van der Waals surface area contributed by atoms with Crippen LogP contribution in [0.5, 0.6) is 0 Å². The first-order chi connectivity index (χ1) is 11.6. The summed E-state index contributed by atoms with van der Waals surface area (Å²) in [5, 5.41) is 5.96. The van der Waals surface area contributed by atoms with Crippen LogP contribution in [0.1, 0.15) is 30.0 Å². The molecule has 5 nitrogen and oxygen atoms in total. The first-order valence-electron chi connectivity index (χ1n) is 8.40. The lowest BCUT2D eigenvalue weighted by Gasteiger charge is -2.29. The Morgan fingerprint density at radius 3 is 2.58 bits per heavy atom. The predicted octanol–water partition coefficient (Wildman–Crippen LogP) is 4.11. The van der Waals surface area contributed by atoms with E-state index < -0.39 is 0 Å². The van der Waals surface area contributed by atoms with Crippen LogP contribution in [0, 0.1) is 6.92 Å². The standard InChI is InChI=1S/C18H24N4OS/c1-14-19-16(13-24-14)12-21(2)18(23)20-15-6-8-17(9-7-15)22-10-4-3-5-11-22/h6-9,13H,3-5,10-12H2,1-2H3,(H,20,23). The molecular formula is C18H24N4OS. The first-order valence-corrected chi connectivity index (χ1v) is 9.28. The number of hydrogen-bond acceptors (Lipinski definition) is 4. The van der Waals surface area contributed by atoms with Gasteiger partial charge in [0.05, 0.1) is 17.2 Å². The summed E-state index contributed by atoms with van der Waals surface area (Å²) in [5.74, 6) is 0. The molecule has 1 aromatic carbocycles. The van der Waals surface area contributed by atoms with Gasteiger partial charge >= 0.3 is 6.03 Å². The summed E-state index contributed by atoms with van der Waals surface area (Å²) < 4.78 is 0. The monoisotopic (exact) mass is 344 g/mol. The Kier molecular flexibility index (Phi) is 5.35. The van der Waals surface area contributed by atoms with E-state index in [9.17, 15) is 4.79 Å². The normalized spacial score (nSPS) is 14.5. The summed E-state index contributed by atoms with van der Waals surface area (Å²) in [6.45, 7) is 4.74. The van der Waals surface area contributed by atoms with Crippen molar-refractivity contribution in [2.45, 2.75) is 32.7 Å². The van der Waals surface area contributed by atoms with E-state index in [0.717, 1.165) is 29.5 Å². The topological polar surface area (TPSA) is 48.5 Å². The van der Waals surface area contributed by atoms with Gasteiger partial charge in [-0.25, -0.2) is 9.78 Å². The number of carbonyl (C=O) groups excluding carboxylic acids is 1. The van der Waals surface area contributed by atoms with E-state index in [1.807, 2.05) is 24.4 Å². The molecule has 128 valence electrons. The van der Waals surface area contributed by atoms with E-state index in [0.29, 0.717) is 6.54 Å². The van der Waals surface area contributed by atoms with Gasteiger partial charge in [-0.1, -0.05) is 0 Å². The van der Waals surface area contributed by atoms with Crippen molar-refractivity contribution in [2.75, 3.05) is 30.4 Å². The molecule has 6 heteroatoms. The highest BCUT2D eigenvalue weighted by molar-refractivity contribution is 7.09. The second-order valence-corrected chi connectivity index (χ2v) is 7.30. The number of benzene rings is 1. The van der Waals surface area contributed by atoms with E-state index >= 15 is 0 Å². The molecule has 0 unspecified atom stereocenters. The Labute approximate surface area is 147 Å². The molecule has 1 aliphatic rings. The van der Waals surface area contributed by atoms with Crippen LogP contribution in [0.25, 0.3) is 0 Å². The third-order valence-corrected chi connectivity index (χ3v) is 5.07. The summed E-state index contributed by atoms with van der Waals surface area (Å²) in [5.41, 5.74) is 2.98. The third kappa shape index (κ3) is 4.26. The van der Waals surface area contributed by atoms with Crippen molar-refractivity contribution in [3.05, 3.63) is 40.3 Å². The maximum atomic E-state index is 12.3. The van der Waals surface area contributed by atoms with Crippen molar-refractivity contribution in [2.24, 2.45) is 0 Å². The lowest BCUT2D eigenvalue weighted by atomic mass is 10.1. The third-order valence-electron chi connectivity index (χ3n) is 4.25. The van der Waals surface area contributed by atoms with Gasteiger partial charge in [0.2, 0.25) is 0 Å². The Morgan fingerprint density at radius 2 is 1.96 bits per heavy atom. The minimum absolute atomic E-state index is 0.119. The number of nitrogens with zero attached hydrogens (tertiary/aromatic N) is 3. The fraction of sp³-hybridized carbons (Fsp3) is 0.444. The molecular weight excluding hydrogens is 320 g/mol. The van der Waals surface area contributed by atoms with Crippen molar-refractivity contribution in [3.63, 3.8) is 0 Å². The summed E-state index contributed by atoms with van der Waals surface area (Å²) in [6, 6.07) is 8.01. The van der Waals surface area contributed by atoms with E-state index in [-0.39, 0.29) is 6.03 Å². The highest BCUT2D eigenvalue weighted by atomic mass is 32.1. The second kappa shape index (κ2) is 7.66. The number of aryl methyl sites for hydroxylation is 1. The number of piperidine rings is 1. The molecule has 1 aromatic heterocycles. The number of carbonyl (C=O) groups is 1. The number of urea groups is 1. The Bertz CT molecular complexity index is 677. The zero-order valence-electron chi connectivity index (χ0n) is 14.3. The fourth-order valence-electron chi connectivity index (χ4n) is 2.92. The van der Waals surface area contributed by atoms with Crippen LogP contribution in [-0.4, -0.2) is 36.1 Å². The van der Waals surface area contributed by atoms with Crippen molar-refractivity contribution in [1.82, 2.24) is 9.88 Å². The van der Waals surface area contributed by atoms with Gasteiger partial charge in [0.15, 0.2) is 0 Å². The number of aromatic nitrogens is 1. The Balaban J connectivity index is 1.55. The SMILES string of the molecule is Cc1nc(CN(C)C(=O)Nc2ccc(N3CCCCC3)cc2)cs1. The summed E-state index contributed by atoms with van der Waals surface area (Å²) in [6.07, 6.45) is 3.86. The zero-order chi connectivity index (χ0) is 16.9. The first kappa shape index (κ1) is 16.8. The quantitative estimate of drug-likeness (QED) is 0.908. The molecule has 1 aliphatic heterocycles. The molecule has 1 fully saturated rings. The van der Waals surface area contributed by atoms with Crippen LogP contribution in [0.15, 0.2) is 29.6 Å². The lowest BCUT2D eigenvalue weighted by Crippen LogP contribution is -2.31. The number of hydrogen-bond donors (Lipinski definition) is 1. The van der Waals surface area contributed by atoms with Gasteiger partial charge in [-0.15, -0.1) is 11.3 Å². The van der Waals surface area contributed by atoms with Crippen molar-refractivity contribution < 1.29 is 4.79 Å². The largest absolute Gasteiger partial charge is 0.372 e. The number of anilines is 2. The van der Waals surface area contributed by atoms with Gasteiger partial charge in [0.1, 0.15) is 0 Å². The van der Waals surface area contributed by atoms with Crippen molar-refractivity contribution in [3.8, 4) is 0 Å². The van der Waals surface area contributed by atoms with Crippen LogP contribution >= 0.6 is 11.3 Å². The molecule has 0 aliphatic carbocycles. The average Bonchev–Trinajstić information content (AvgIpc) is 3.01. The zero-order valence-corrected chi connectivity index (χ0v) is 15.1. The van der Waals surface area contributed by atoms with Gasteiger partial charge in [-0.2, -0.15) is 0 Å². The van der Waals surface area contributed by atoms with Gasteiger partial charge in [-0.3, -0.25) is 0 Å². The number of rotatable bonds is 4. The Hall–Kier alpha value is -2.08. The minimum Gasteiger partial charge on any atom is -0.372 e. The maximum absolute atomic E-state index is 12.3. The molecule has 0 saturated carbocycles. The number of amides is 2. The molecule has 2 aromatic rings. The number of thiazole rings is 1. The maximum Gasteiger partial charge on any atom is 0.321 e. The van der Waals surface area contributed by atoms with Gasteiger partial charge in [0, 0.05) is 36.9 Å². The smallest absolute Gasteiger partial charge is 0.321 e. The summed E-state index contributed by atoms with van der Waals surface area (Å²) >= 11 is 1.60. The van der Waals surface area contributed by atoms with Crippen LogP contribution in [-0.2, 0) is 6.54 Å². The van der Waals surface area contributed by atoms with Crippen LogP contribution in [0.3, 0.4) is 0 Å². The molecule has 24 heavy (non-hydrogen) atoms. The average molecular weight is 344 g/mol. The van der Waals surface area contributed by atoms with Crippen molar-refractivity contribution in [1.29, 1.82) is 0 Å². The van der Waals surface area contributed by atoms with Gasteiger partial charge in [0.25, 0.3) is 0 Å². The van der Waals surface area contributed by atoms with Crippen LogP contribution < -0.4 is 10.2 Å². The molecule has 2 amide bonds. The molecule has 1 N–H and O–H groups in total. The van der Waals surface area contributed by atoms with Crippen LogP contribution in [0.4, 0.5) is 16.2 Å². The fourth-order valence-corrected chi connectivity index (χ4v) is 3.53. The molecule has 0 atom stereocenters. The molecule has 3 rings (SSSR count). The van der Waals surface area contributed by atoms with E-state index in [4.69, 9.17) is 0 Å². The minimum atomic E-state index is -0.119. The molecule has 2 heterocycles. The second-order valence-electron chi connectivity index (χ2n) is 6.24. The van der Waals surface area contributed by atoms with Gasteiger partial charge < -0.3 is 15.1 Å². The highest BCUT2D eigenvalue weighted by Gasteiger charge is 2.13. The lowest BCUT2D eigenvalue weighted by molar-refractivity contribution is 0.220. The molecule has 0 bridgehead atoms. The molecule has 0 spiro atoms. The van der Waals surface area contributed by atoms with E-state index in [1.165, 1.54) is 24.9 Å². The molecule has 1 saturated heterocycles. The summed E-state index contributed by atoms with van der Waals surface area (Å²) in [4.78, 5) is 20.7. The predicted molar refractivity (Wildman–Crippen MR) is 99.8 cm³/mol. The summed E-state index contributed by atoms with van der Waals surface area (Å²) in [7, 11) is 1.78. The van der Waals surface area contributed by atoms with Crippen LogP contribution in [0.2, 0.25) is 0 Å². The van der Waals surface area contributed by atoms with E-state index in [1.54, 1.807) is 23.3 Å². The number of nitrogens with one attached hydrogen (secondary N) is 1. The van der Waals surface area contributed by atoms with Crippen molar-refractivity contribution >= 4 is 28.7 Å². The molecule has 0 radical (unpaired) electrons. The van der Waals surface area contributed by atoms with E-state index in [2.05, 4.69) is 27.3 Å². The van der Waals surface area contributed by atoms with Gasteiger partial charge in [-0.05, 0) is 50.5 Å². The Morgan fingerprint density at radius 1 is 1.25 bits per heavy atom. The highest BCUT2D eigenvalue weighted by Crippen LogP contribution is 2.22.